The second-order valence-electron chi connectivity index (χ2n) is 5.95. The van der Waals surface area contributed by atoms with Crippen molar-refractivity contribution >= 4 is 11.6 Å². The van der Waals surface area contributed by atoms with Crippen LogP contribution in [0.2, 0.25) is 5.02 Å². The van der Waals surface area contributed by atoms with Crippen LogP contribution in [0.1, 0.15) is 37.8 Å². The largest absolute Gasteiger partial charge is 0.381 e. The predicted molar refractivity (Wildman–Crippen MR) is 78.4 cm³/mol. The monoisotopic (exact) mass is 279 g/mol. The molecule has 1 heterocycles. The van der Waals surface area contributed by atoms with E-state index < -0.39 is 0 Å². The van der Waals surface area contributed by atoms with E-state index in [9.17, 15) is 0 Å². The Bertz CT molecular complexity index is 409. The molecule has 1 saturated heterocycles. The quantitative estimate of drug-likeness (QED) is 0.885. The zero-order chi connectivity index (χ0) is 13.2. The van der Waals surface area contributed by atoms with Crippen molar-refractivity contribution < 1.29 is 4.74 Å². The molecule has 1 aliphatic carbocycles. The lowest BCUT2D eigenvalue weighted by Gasteiger charge is -2.27. The topological polar surface area (TPSA) is 21.3 Å². The number of halogens is 1. The molecule has 0 bridgehead atoms. The Morgan fingerprint density at radius 2 is 1.89 bits per heavy atom. The number of benzene rings is 1. The van der Waals surface area contributed by atoms with Crippen LogP contribution in [0.4, 0.5) is 0 Å². The van der Waals surface area contributed by atoms with E-state index in [4.69, 9.17) is 16.3 Å². The summed E-state index contributed by atoms with van der Waals surface area (Å²) in [5, 5.41) is 4.65. The standard InChI is InChI=1S/C16H22ClNO/c1-11(14-8-9-19-10-14)18-16(12-2-3-12)13-4-6-15(17)7-5-13/h4-7,11-12,14,16,18H,2-3,8-10H2,1H3. The van der Waals surface area contributed by atoms with Gasteiger partial charge in [-0.05, 0) is 55.7 Å². The molecule has 104 valence electrons. The van der Waals surface area contributed by atoms with E-state index in [2.05, 4.69) is 24.4 Å². The summed E-state index contributed by atoms with van der Waals surface area (Å²) in [6.07, 6.45) is 3.87. The van der Waals surface area contributed by atoms with Crippen molar-refractivity contribution in [3.63, 3.8) is 0 Å². The van der Waals surface area contributed by atoms with Gasteiger partial charge in [0.2, 0.25) is 0 Å². The zero-order valence-corrected chi connectivity index (χ0v) is 12.2. The minimum Gasteiger partial charge on any atom is -0.381 e. The van der Waals surface area contributed by atoms with Crippen molar-refractivity contribution in [3.8, 4) is 0 Å². The number of hydrogen-bond donors (Lipinski definition) is 1. The summed E-state index contributed by atoms with van der Waals surface area (Å²) in [4.78, 5) is 0. The summed E-state index contributed by atoms with van der Waals surface area (Å²) in [5.41, 5.74) is 1.37. The Hall–Kier alpha value is -0.570. The molecule has 2 aliphatic rings. The summed E-state index contributed by atoms with van der Waals surface area (Å²) in [5.74, 6) is 1.46. The number of rotatable bonds is 5. The Morgan fingerprint density at radius 3 is 2.47 bits per heavy atom. The van der Waals surface area contributed by atoms with Gasteiger partial charge in [0, 0.05) is 23.7 Å². The lowest BCUT2D eigenvalue weighted by molar-refractivity contribution is 0.175. The van der Waals surface area contributed by atoms with E-state index in [1.165, 1.54) is 24.8 Å². The van der Waals surface area contributed by atoms with Gasteiger partial charge >= 0.3 is 0 Å². The number of hydrogen-bond acceptors (Lipinski definition) is 2. The molecule has 1 saturated carbocycles. The summed E-state index contributed by atoms with van der Waals surface area (Å²) >= 11 is 5.98. The molecule has 0 aromatic heterocycles. The molecular weight excluding hydrogens is 258 g/mol. The molecule has 3 heteroatoms. The Kier molecular flexibility index (Phi) is 4.11. The molecule has 3 unspecified atom stereocenters. The maximum absolute atomic E-state index is 5.98. The maximum Gasteiger partial charge on any atom is 0.0509 e. The number of ether oxygens (including phenoxy) is 1. The molecule has 2 fully saturated rings. The van der Waals surface area contributed by atoms with Gasteiger partial charge in [-0.2, -0.15) is 0 Å². The summed E-state index contributed by atoms with van der Waals surface area (Å²) < 4.78 is 5.50. The predicted octanol–water partition coefficient (Wildman–Crippen LogP) is 3.81. The molecule has 0 spiro atoms. The van der Waals surface area contributed by atoms with Gasteiger partial charge < -0.3 is 10.1 Å². The first-order chi connectivity index (χ1) is 9.24. The first-order valence-electron chi connectivity index (χ1n) is 7.33. The molecule has 3 atom stereocenters. The number of nitrogens with one attached hydrogen (secondary N) is 1. The van der Waals surface area contributed by atoms with Gasteiger partial charge in [-0.15, -0.1) is 0 Å². The highest BCUT2D eigenvalue weighted by Crippen LogP contribution is 2.41. The van der Waals surface area contributed by atoms with Gasteiger partial charge in [0.1, 0.15) is 0 Å². The maximum atomic E-state index is 5.98. The van der Waals surface area contributed by atoms with Crippen LogP contribution in [-0.2, 0) is 4.74 Å². The van der Waals surface area contributed by atoms with E-state index in [0.29, 0.717) is 18.0 Å². The fraction of sp³-hybridized carbons (Fsp3) is 0.625. The van der Waals surface area contributed by atoms with Crippen molar-refractivity contribution in [2.75, 3.05) is 13.2 Å². The third-order valence-corrected chi connectivity index (χ3v) is 4.69. The molecule has 1 aromatic carbocycles. The van der Waals surface area contributed by atoms with E-state index in [-0.39, 0.29) is 0 Å². The molecule has 0 amide bonds. The molecule has 3 rings (SSSR count). The van der Waals surface area contributed by atoms with Crippen LogP contribution in [0, 0.1) is 11.8 Å². The molecule has 2 nitrogen and oxygen atoms in total. The van der Waals surface area contributed by atoms with Crippen molar-refractivity contribution in [1.82, 2.24) is 5.32 Å². The molecule has 1 aliphatic heterocycles. The Morgan fingerprint density at radius 1 is 1.16 bits per heavy atom. The van der Waals surface area contributed by atoms with Crippen LogP contribution in [0.5, 0.6) is 0 Å². The fourth-order valence-electron chi connectivity index (χ4n) is 2.97. The highest BCUT2D eigenvalue weighted by Gasteiger charge is 2.34. The van der Waals surface area contributed by atoms with Gasteiger partial charge in [-0.1, -0.05) is 23.7 Å². The Balaban J connectivity index is 1.68. The molecule has 0 radical (unpaired) electrons. The average molecular weight is 280 g/mol. The van der Waals surface area contributed by atoms with Crippen LogP contribution in [0.15, 0.2) is 24.3 Å². The molecule has 19 heavy (non-hydrogen) atoms. The second-order valence-corrected chi connectivity index (χ2v) is 6.38. The fourth-order valence-corrected chi connectivity index (χ4v) is 3.10. The van der Waals surface area contributed by atoms with E-state index >= 15 is 0 Å². The van der Waals surface area contributed by atoms with Crippen molar-refractivity contribution in [2.45, 2.75) is 38.3 Å². The lowest BCUT2D eigenvalue weighted by Crippen LogP contribution is -2.37. The second kappa shape index (κ2) is 5.82. The van der Waals surface area contributed by atoms with E-state index in [0.717, 1.165) is 24.2 Å². The first-order valence-corrected chi connectivity index (χ1v) is 7.71. The van der Waals surface area contributed by atoms with E-state index in [1.54, 1.807) is 0 Å². The lowest BCUT2D eigenvalue weighted by atomic mass is 9.96. The highest BCUT2D eigenvalue weighted by atomic mass is 35.5. The van der Waals surface area contributed by atoms with Gasteiger partial charge in [-0.3, -0.25) is 0 Å². The minimum absolute atomic E-state index is 0.480. The third-order valence-electron chi connectivity index (χ3n) is 4.44. The summed E-state index contributed by atoms with van der Waals surface area (Å²) in [6.45, 7) is 4.13. The van der Waals surface area contributed by atoms with Crippen molar-refractivity contribution in [1.29, 1.82) is 0 Å². The molecule has 1 N–H and O–H groups in total. The molecular formula is C16H22ClNO. The van der Waals surface area contributed by atoms with Gasteiger partial charge in [0.15, 0.2) is 0 Å². The van der Waals surface area contributed by atoms with Gasteiger partial charge in [-0.25, -0.2) is 0 Å². The highest BCUT2D eigenvalue weighted by molar-refractivity contribution is 6.30. The SMILES string of the molecule is CC(NC(c1ccc(Cl)cc1)C1CC1)C1CCOC1. The minimum atomic E-state index is 0.480. The van der Waals surface area contributed by atoms with E-state index in [1.807, 2.05) is 12.1 Å². The normalized spacial score (nSPS) is 26.3. The van der Waals surface area contributed by atoms with Crippen LogP contribution in [-0.4, -0.2) is 19.3 Å². The van der Waals surface area contributed by atoms with Crippen molar-refractivity contribution in [3.05, 3.63) is 34.9 Å². The zero-order valence-electron chi connectivity index (χ0n) is 11.4. The molecule has 1 aromatic rings. The summed E-state index contributed by atoms with van der Waals surface area (Å²) in [6, 6.07) is 9.32. The smallest absolute Gasteiger partial charge is 0.0509 e. The van der Waals surface area contributed by atoms with Crippen molar-refractivity contribution in [2.24, 2.45) is 11.8 Å². The Labute approximate surface area is 120 Å². The average Bonchev–Trinajstić information content (AvgIpc) is 3.10. The van der Waals surface area contributed by atoms with Gasteiger partial charge in [0.25, 0.3) is 0 Å². The third kappa shape index (κ3) is 3.31. The van der Waals surface area contributed by atoms with Crippen LogP contribution in [0.25, 0.3) is 0 Å². The first kappa shape index (κ1) is 13.4. The van der Waals surface area contributed by atoms with Gasteiger partial charge in [0.05, 0.1) is 6.61 Å². The van der Waals surface area contributed by atoms with Crippen LogP contribution in [0.3, 0.4) is 0 Å². The van der Waals surface area contributed by atoms with Crippen LogP contribution >= 0.6 is 11.6 Å². The van der Waals surface area contributed by atoms with Crippen LogP contribution < -0.4 is 5.32 Å². The summed E-state index contributed by atoms with van der Waals surface area (Å²) in [7, 11) is 0.